The van der Waals surface area contributed by atoms with Crippen LogP contribution in [0.1, 0.15) is 22.3 Å². The van der Waals surface area contributed by atoms with Crippen molar-refractivity contribution in [3.8, 4) is 5.75 Å². The van der Waals surface area contributed by atoms with E-state index in [9.17, 15) is 4.79 Å². The zero-order chi connectivity index (χ0) is 11.6. The fourth-order valence-corrected chi connectivity index (χ4v) is 1.48. The van der Waals surface area contributed by atoms with Gasteiger partial charge in [-0.15, -0.1) is 0 Å². The van der Waals surface area contributed by atoms with Crippen molar-refractivity contribution in [1.29, 1.82) is 0 Å². The maximum Gasteiger partial charge on any atom is 0.335 e. The molecule has 2 heteroatoms. The van der Waals surface area contributed by atoms with E-state index in [1.165, 1.54) is 6.08 Å². The topological polar surface area (TPSA) is 26.3 Å². The molecule has 0 aromatic heterocycles. The van der Waals surface area contributed by atoms with Crippen LogP contribution >= 0.6 is 0 Å². The van der Waals surface area contributed by atoms with Gasteiger partial charge in [0, 0.05) is 6.08 Å². The number of benzene rings is 1. The molecule has 0 unspecified atom stereocenters. The Labute approximate surface area is 90.6 Å². The number of aryl methyl sites for hydroxylation is 2. The monoisotopic (exact) mass is 204 g/mol. The number of esters is 1. The molecule has 0 amide bonds. The summed E-state index contributed by atoms with van der Waals surface area (Å²) in [5.41, 5.74) is 4.27. The molecule has 15 heavy (non-hydrogen) atoms. The van der Waals surface area contributed by atoms with E-state index in [0.29, 0.717) is 5.75 Å². The molecule has 0 heterocycles. The highest BCUT2D eigenvalue weighted by Gasteiger charge is 2.11. The lowest BCUT2D eigenvalue weighted by molar-refractivity contribution is -0.129. The van der Waals surface area contributed by atoms with E-state index in [1.54, 1.807) is 0 Å². The van der Waals surface area contributed by atoms with Crippen LogP contribution in [0.4, 0.5) is 0 Å². The van der Waals surface area contributed by atoms with Gasteiger partial charge in [0.05, 0.1) is 0 Å². The standard InChI is InChI=1S/C13H16O2/c1-6-12(14)15-13-10(4)8(2)7-9(3)11(13)5/h6-7H,1H2,2-5H3. The molecule has 0 fully saturated rings. The zero-order valence-electron chi connectivity index (χ0n) is 9.68. The Morgan fingerprint density at radius 2 is 1.67 bits per heavy atom. The predicted octanol–water partition coefficient (Wildman–Crippen LogP) is 3.01. The molecule has 0 aliphatic rings. The molecule has 1 rings (SSSR count). The number of hydrogen-bond acceptors (Lipinski definition) is 2. The van der Waals surface area contributed by atoms with Gasteiger partial charge in [-0.3, -0.25) is 0 Å². The van der Waals surface area contributed by atoms with Gasteiger partial charge in [0.1, 0.15) is 5.75 Å². The summed E-state index contributed by atoms with van der Waals surface area (Å²) in [7, 11) is 0. The van der Waals surface area contributed by atoms with E-state index in [0.717, 1.165) is 22.3 Å². The Balaban J connectivity index is 3.26. The Hall–Kier alpha value is -1.57. The fraction of sp³-hybridized carbons (Fsp3) is 0.308. The van der Waals surface area contributed by atoms with Crippen LogP contribution in [0.5, 0.6) is 5.75 Å². The first-order valence-electron chi connectivity index (χ1n) is 4.89. The van der Waals surface area contributed by atoms with Crippen LogP contribution in [0.2, 0.25) is 0 Å². The molecule has 0 radical (unpaired) electrons. The first-order valence-corrected chi connectivity index (χ1v) is 4.89. The Kier molecular flexibility index (Phi) is 3.30. The normalized spacial score (nSPS) is 9.87. The van der Waals surface area contributed by atoms with Crippen molar-refractivity contribution in [2.24, 2.45) is 0 Å². The SMILES string of the molecule is C=CC(=O)Oc1c(C)c(C)cc(C)c1C. The first-order chi connectivity index (χ1) is 6.97. The van der Waals surface area contributed by atoms with Crippen LogP contribution in [0, 0.1) is 27.7 Å². The van der Waals surface area contributed by atoms with Crippen LogP contribution in [-0.4, -0.2) is 5.97 Å². The Morgan fingerprint density at radius 3 is 2.07 bits per heavy atom. The van der Waals surface area contributed by atoms with E-state index in [1.807, 2.05) is 27.7 Å². The lowest BCUT2D eigenvalue weighted by Gasteiger charge is -2.13. The Bertz CT molecular complexity index is 391. The van der Waals surface area contributed by atoms with Gasteiger partial charge in [0.2, 0.25) is 0 Å². The maximum absolute atomic E-state index is 11.2. The van der Waals surface area contributed by atoms with Crippen molar-refractivity contribution in [1.82, 2.24) is 0 Å². The number of hydrogen-bond donors (Lipinski definition) is 0. The minimum absolute atomic E-state index is 0.411. The van der Waals surface area contributed by atoms with Crippen LogP contribution in [-0.2, 0) is 4.79 Å². The van der Waals surface area contributed by atoms with Gasteiger partial charge in [-0.25, -0.2) is 4.79 Å². The van der Waals surface area contributed by atoms with E-state index in [-0.39, 0.29) is 0 Å². The molecule has 0 aliphatic carbocycles. The summed E-state index contributed by atoms with van der Waals surface area (Å²) in [5, 5.41) is 0. The third kappa shape index (κ3) is 2.27. The predicted molar refractivity (Wildman–Crippen MR) is 61.2 cm³/mol. The van der Waals surface area contributed by atoms with Crippen molar-refractivity contribution < 1.29 is 9.53 Å². The molecular weight excluding hydrogens is 188 g/mol. The molecule has 0 N–H and O–H groups in total. The molecule has 0 spiro atoms. The molecule has 2 nitrogen and oxygen atoms in total. The van der Waals surface area contributed by atoms with Crippen molar-refractivity contribution in [2.45, 2.75) is 27.7 Å². The quantitative estimate of drug-likeness (QED) is 0.420. The van der Waals surface area contributed by atoms with Crippen molar-refractivity contribution >= 4 is 5.97 Å². The second-order valence-electron chi connectivity index (χ2n) is 3.71. The second-order valence-corrected chi connectivity index (χ2v) is 3.71. The minimum Gasteiger partial charge on any atom is -0.423 e. The van der Waals surface area contributed by atoms with E-state index < -0.39 is 5.97 Å². The largest absolute Gasteiger partial charge is 0.423 e. The molecule has 0 saturated heterocycles. The van der Waals surface area contributed by atoms with Gasteiger partial charge in [-0.1, -0.05) is 12.6 Å². The van der Waals surface area contributed by atoms with E-state index >= 15 is 0 Å². The summed E-state index contributed by atoms with van der Waals surface area (Å²) >= 11 is 0. The van der Waals surface area contributed by atoms with Gasteiger partial charge >= 0.3 is 5.97 Å². The lowest BCUT2D eigenvalue weighted by atomic mass is 10.0. The minimum atomic E-state index is -0.411. The fourth-order valence-electron chi connectivity index (χ4n) is 1.48. The van der Waals surface area contributed by atoms with Crippen LogP contribution in [0.25, 0.3) is 0 Å². The Morgan fingerprint density at radius 1 is 1.20 bits per heavy atom. The van der Waals surface area contributed by atoms with Gasteiger partial charge in [0.25, 0.3) is 0 Å². The number of carbonyl (C=O) groups is 1. The smallest absolute Gasteiger partial charge is 0.335 e. The summed E-state index contributed by atoms with van der Waals surface area (Å²) in [6, 6.07) is 2.09. The third-order valence-corrected chi connectivity index (χ3v) is 2.67. The van der Waals surface area contributed by atoms with Gasteiger partial charge < -0.3 is 4.74 Å². The molecule has 1 aromatic carbocycles. The van der Waals surface area contributed by atoms with Crippen molar-refractivity contribution in [3.63, 3.8) is 0 Å². The first kappa shape index (κ1) is 11.5. The van der Waals surface area contributed by atoms with Gasteiger partial charge in [-0.2, -0.15) is 0 Å². The van der Waals surface area contributed by atoms with Crippen molar-refractivity contribution in [2.75, 3.05) is 0 Å². The summed E-state index contributed by atoms with van der Waals surface area (Å²) in [4.78, 5) is 11.2. The maximum atomic E-state index is 11.2. The summed E-state index contributed by atoms with van der Waals surface area (Å²) in [6.45, 7) is 11.3. The van der Waals surface area contributed by atoms with E-state index in [4.69, 9.17) is 4.74 Å². The number of rotatable bonds is 2. The van der Waals surface area contributed by atoms with Crippen LogP contribution in [0.15, 0.2) is 18.7 Å². The molecule has 0 saturated carbocycles. The molecule has 1 aromatic rings. The summed E-state index contributed by atoms with van der Waals surface area (Å²) in [6.07, 6.45) is 1.18. The molecule has 0 aliphatic heterocycles. The van der Waals surface area contributed by atoms with E-state index in [2.05, 4.69) is 12.6 Å². The highest BCUT2D eigenvalue weighted by Crippen LogP contribution is 2.28. The molecule has 0 atom stereocenters. The number of carbonyl (C=O) groups excluding carboxylic acids is 1. The molecular formula is C13H16O2. The number of ether oxygens (including phenoxy) is 1. The average Bonchev–Trinajstić information content (AvgIpc) is 2.21. The summed E-state index contributed by atoms with van der Waals surface area (Å²) in [5.74, 6) is 0.253. The lowest BCUT2D eigenvalue weighted by Crippen LogP contribution is -2.07. The average molecular weight is 204 g/mol. The van der Waals surface area contributed by atoms with Crippen molar-refractivity contribution in [3.05, 3.63) is 41.0 Å². The van der Waals surface area contributed by atoms with Crippen LogP contribution in [0.3, 0.4) is 0 Å². The summed E-state index contributed by atoms with van der Waals surface area (Å²) < 4.78 is 5.23. The molecule has 80 valence electrons. The van der Waals surface area contributed by atoms with Gasteiger partial charge in [-0.05, 0) is 49.9 Å². The highest BCUT2D eigenvalue weighted by molar-refractivity contribution is 5.84. The van der Waals surface area contributed by atoms with Gasteiger partial charge in [0.15, 0.2) is 0 Å². The second kappa shape index (κ2) is 4.30. The highest BCUT2D eigenvalue weighted by atomic mass is 16.5. The third-order valence-electron chi connectivity index (χ3n) is 2.67. The molecule has 0 bridgehead atoms. The zero-order valence-corrected chi connectivity index (χ0v) is 9.68. The van der Waals surface area contributed by atoms with Crippen LogP contribution < -0.4 is 4.74 Å².